The SMILES string of the molecule is CCC(CN)c1ccc(-c2c(OC)cc(C)c3[nH]c(=O)c4sccc4c23)cc1. The number of hydrogen-bond acceptors (Lipinski definition) is 4. The largest absolute Gasteiger partial charge is 0.496 e. The Hall–Kier alpha value is -2.63. The number of nitrogens with two attached hydrogens (primary N) is 1. The molecule has 2 aromatic heterocycles. The van der Waals surface area contributed by atoms with Gasteiger partial charge in [0.2, 0.25) is 0 Å². The third-order valence-corrected chi connectivity index (χ3v) is 6.45. The molecule has 4 aromatic rings. The first-order chi connectivity index (χ1) is 13.6. The van der Waals surface area contributed by atoms with Crippen molar-refractivity contribution in [3.8, 4) is 16.9 Å². The van der Waals surface area contributed by atoms with Crippen LogP contribution in [0.15, 0.2) is 46.6 Å². The topological polar surface area (TPSA) is 68.1 Å². The van der Waals surface area contributed by atoms with Crippen molar-refractivity contribution in [2.75, 3.05) is 13.7 Å². The number of fused-ring (bicyclic) bond motifs is 3. The van der Waals surface area contributed by atoms with Crippen molar-refractivity contribution >= 4 is 32.3 Å². The normalized spacial score (nSPS) is 12.6. The summed E-state index contributed by atoms with van der Waals surface area (Å²) in [4.78, 5) is 15.6. The molecule has 0 saturated heterocycles. The van der Waals surface area contributed by atoms with Crippen molar-refractivity contribution in [1.82, 2.24) is 4.98 Å². The maximum Gasteiger partial charge on any atom is 0.266 e. The van der Waals surface area contributed by atoms with E-state index < -0.39 is 0 Å². The Kier molecular flexibility index (Phi) is 4.96. The zero-order valence-electron chi connectivity index (χ0n) is 16.3. The molecule has 0 spiro atoms. The van der Waals surface area contributed by atoms with Crippen LogP contribution in [0.25, 0.3) is 32.1 Å². The van der Waals surface area contributed by atoms with Crippen molar-refractivity contribution in [2.45, 2.75) is 26.2 Å². The summed E-state index contributed by atoms with van der Waals surface area (Å²) in [6.07, 6.45) is 1.02. The number of aromatic nitrogens is 1. The first-order valence-electron chi connectivity index (χ1n) is 9.50. The molecule has 4 nitrogen and oxygen atoms in total. The number of methoxy groups -OCH3 is 1. The molecule has 28 heavy (non-hydrogen) atoms. The molecule has 3 N–H and O–H groups in total. The fourth-order valence-electron chi connectivity index (χ4n) is 3.98. The highest BCUT2D eigenvalue weighted by Crippen LogP contribution is 2.42. The van der Waals surface area contributed by atoms with Gasteiger partial charge in [-0.3, -0.25) is 4.79 Å². The Bertz CT molecular complexity index is 1200. The average Bonchev–Trinajstić information content (AvgIpc) is 3.21. The van der Waals surface area contributed by atoms with Gasteiger partial charge in [0.05, 0.1) is 12.6 Å². The molecule has 0 saturated carbocycles. The summed E-state index contributed by atoms with van der Waals surface area (Å²) < 4.78 is 6.50. The van der Waals surface area contributed by atoms with Crippen LogP contribution in [0.1, 0.15) is 30.4 Å². The number of pyridine rings is 1. The van der Waals surface area contributed by atoms with Gasteiger partial charge < -0.3 is 15.5 Å². The van der Waals surface area contributed by atoms with Crippen LogP contribution >= 0.6 is 11.3 Å². The van der Waals surface area contributed by atoms with E-state index in [1.807, 2.05) is 24.4 Å². The minimum Gasteiger partial charge on any atom is -0.496 e. The molecule has 144 valence electrons. The molecule has 5 heteroatoms. The highest BCUT2D eigenvalue weighted by molar-refractivity contribution is 7.17. The number of thiophene rings is 1. The first-order valence-corrected chi connectivity index (χ1v) is 10.4. The summed E-state index contributed by atoms with van der Waals surface area (Å²) in [7, 11) is 1.69. The Balaban J connectivity index is 2.04. The van der Waals surface area contributed by atoms with E-state index in [1.165, 1.54) is 16.9 Å². The minimum atomic E-state index is -0.0409. The zero-order valence-corrected chi connectivity index (χ0v) is 17.2. The van der Waals surface area contributed by atoms with Crippen LogP contribution in [0.2, 0.25) is 0 Å². The smallest absolute Gasteiger partial charge is 0.266 e. The monoisotopic (exact) mass is 392 g/mol. The van der Waals surface area contributed by atoms with E-state index in [1.54, 1.807) is 7.11 Å². The van der Waals surface area contributed by atoms with Gasteiger partial charge in [-0.15, -0.1) is 11.3 Å². The first kappa shape index (κ1) is 18.7. The molecule has 0 fully saturated rings. The molecule has 2 aromatic carbocycles. The number of aromatic amines is 1. The number of H-pyrrole nitrogens is 1. The van der Waals surface area contributed by atoms with Crippen LogP contribution in [-0.2, 0) is 0 Å². The lowest BCUT2D eigenvalue weighted by Crippen LogP contribution is -2.11. The zero-order chi connectivity index (χ0) is 19.8. The van der Waals surface area contributed by atoms with Crippen molar-refractivity contribution in [3.63, 3.8) is 0 Å². The molecule has 0 aliphatic heterocycles. The molecule has 1 unspecified atom stereocenters. The van der Waals surface area contributed by atoms with Crippen molar-refractivity contribution in [2.24, 2.45) is 5.73 Å². The number of ether oxygens (including phenoxy) is 1. The van der Waals surface area contributed by atoms with Gasteiger partial charge in [0, 0.05) is 16.3 Å². The van der Waals surface area contributed by atoms with Crippen molar-refractivity contribution in [1.29, 1.82) is 0 Å². The number of hydrogen-bond donors (Lipinski definition) is 2. The van der Waals surface area contributed by atoms with Gasteiger partial charge in [-0.25, -0.2) is 0 Å². The lowest BCUT2D eigenvalue weighted by Gasteiger charge is -2.17. The average molecular weight is 393 g/mol. The Morgan fingerprint density at radius 1 is 1.21 bits per heavy atom. The lowest BCUT2D eigenvalue weighted by molar-refractivity contribution is 0.416. The third-order valence-electron chi connectivity index (χ3n) is 5.54. The number of benzene rings is 2. The van der Waals surface area contributed by atoms with Gasteiger partial charge in [-0.1, -0.05) is 31.2 Å². The van der Waals surface area contributed by atoms with Crippen LogP contribution in [0.4, 0.5) is 0 Å². The molecule has 4 rings (SSSR count). The van der Waals surface area contributed by atoms with E-state index in [-0.39, 0.29) is 5.56 Å². The summed E-state index contributed by atoms with van der Waals surface area (Å²) in [5, 5.41) is 3.97. The summed E-state index contributed by atoms with van der Waals surface area (Å²) in [5.41, 5.74) is 11.1. The summed E-state index contributed by atoms with van der Waals surface area (Å²) >= 11 is 1.47. The molecule has 0 radical (unpaired) electrons. The minimum absolute atomic E-state index is 0.0409. The molecule has 1 atom stereocenters. The standard InChI is InChI=1S/C23H24N2O2S/c1-4-14(12-24)15-5-7-16(8-6-15)19-18(27-3)11-13(2)21-20(19)17-9-10-28-22(17)23(26)25-21/h5-11,14H,4,12,24H2,1-3H3,(H,25,26). The number of nitrogens with one attached hydrogen (secondary N) is 1. The van der Waals surface area contributed by atoms with E-state index in [9.17, 15) is 4.79 Å². The second-order valence-electron chi connectivity index (χ2n) is 7.10. The fraction of sp³-hybridized carbons (Fsp3) is 0.261. The van der Waals surface area contributed by atoms with Crippen molar-refractivity contribution in [3.05, 3.63) is 63.3 Å². The van der Waals surface area contributed by atoms with Gasteiger partial charge in [-0.2, -0.15) is 0 Å². The highest BCUT2D eigenvalue weighted by Gasteiger charge is 2.18. The van der Waals surface area contributed by atoms with Crippen LogP contribution in [0.5, 0.6) is 5.75 Å². The maximum absolute atomic E-state index is 12.5. The maximum atomic E-state index is 12.5. The lowest BCUT2D eigenvalue weighted by atomic mass is 9.91. The van der Waals surface area contributed by atoms with Gasteiger partial charge in [-0.05, 0) is 60.0 Å². The molecule has 2 heterocycles. The molecular formula is C23H24N2O2S. The Morgan fingerprint density at radius 3 is 2.61 bits per heavy atom. The van der Waals surface area contributed by atoms with E-state index in [0.29, 0.717) is 12.5 Å². The van der Waals surface area contributed by atoms with Crippen molar-refractivity contribution < 1.29 is 4.74 Å². The number of aryl methyl sites for hydroxylation is 1. The van der Waals surface area contributed by atoms with Crippen LogP contribution in [-0.4, -0.2) is 18.6 Å². The van der Waals surface area contributed by atoms with Gasteiger partial charge in [0.1, 0.15) is 10.4 Å². The summed E-state index contributed by atoms with van der Waals surface area (Å²) in [6.45, 7) is 4.80. The molecular weight excluding hydrogens is 368 g/mol. The highest BCUT2D eigenvalue weighted by atomic mass is 32.1. The van der Waals surface area contributed by atoms with E-state index >= 15 is 0 Å². The Morgan fingerprint density at radius 2 is 1.96 bits per heavy atom. The molecule has 0 bridgehead atoms. The van der Waals surface area contributed by atoms with Crippen LogP contribution in [0.3, 0.4) is 0 Å². The van der Waals surface area contributed by atoms with Gasteiger partial charge in [0.15, 0.2) is 0 Å². The Labute approximate surface area is 168 Å². The van der Waals surface area contributed by atoms with Crippen LogP contribution < -0.4 is 16.0 Å². The molecule has 0 amide bonds. The van der Waals surface area contributed by atoms with Gasteiger partial charge in [0.25, 0.3) is 5.56 Å². The summed E-state index contributed by atoms with van der Waals surface area (Å²) in [6, 6.07) is 12.6. The van der Waals surface area contributed by atoms with E-state index in [4.69, 9.17) is 10.5 Å². The predicted octanol–water partition coefficient (Wildman–Crippen LogP) is 5.18. The summed E-state index contributed by atoms with van der Waals surface area (Å²) in [5.74, 6) is 1.17. The van der Waals surface area contributed by atoms with E-state index in [2.05, 4.69) is 36.2 Å². The van der Waals surface area contributed by atoms with Crippen LogP contribution in [0, 0.1) is 6.92 Å². The quantitative estimate of drug-likeness (QED) is 0.492. The number of rotatable bonds is 5. The molecule has 0 aliphatic carbocycles. The predicted molar refractivity (Wildman–Crippen MR) is 119 cm³/mol. The van der Waals surface area contributed by atoms with Gasteiger partial charge >= 0.3 is 0 Å². The van der Waals surface area contributed by atoms with E-state index in [0.717, 1.165) is 49.8 Å². The fourth-order valence-corrected chi connectivity index (χ4v) is 4.77. The second-order valence-corrected chi connectivity index (χ2v) is 8.02. The third kappa shape index (κ3) is 2.91. The second kappa shape index (κ2) is 7.41. The molecule has 0 aliphatic rings.